The van der Waals surface area contributed by atoms with Gasteiger partial charge in [0.05, 0.1) is 6.61 Å². The van der Waals surface area contributed by atoms with Gasteiger partial charge in [-0.25, -0.2) is 0 Å². The van der Waals surface area contributed by atoms with Gasteiger partial charge in [-0.15, -0.1) is 0 Å². The molecule has 1 rings (SSSR count). The molecule has 84 valence electrons. The summed E-state index contributed by atoms with van der Waals surface area (Å²) in [7, 11) is 2.15. The van der Waals surface area contributed by atoms with Gasteiger partial charge in [-0.05, 0) is 33.5 Å². The fraction of sp³-hybridized carbons (Fsp3) is 1.00. The maximum atomic E-state index is 9.08. The van der Waals surface area contributed by atoms with E-state index < -0.39 is 5.54 Å². The Kier molecular flexibility index (Phi) is 4.31. The van der Waals surface area contributed by atoms with Crippen LogP contribution in [0.4, 0.5) is 0 Å². The van der Waals surface area contributed by atoms with Crippen molar-refractivity contribution < 1.29 is 5.11 Å². The molecule has 0 aromatic heterocycles. The fourth-order valence-electron chi connectivity index (χ4n) is 1.82. The van der Waals surface area contributed by atoms with Gasteiger partial charge in [-0.3, -0.25) is 0 Å². The second-order valence-corrected chi connectivity index (χ2v) is 4.75. The number of aliphatic hydroxyl groups excluding tert-OH is 1. The molecule has 14 heavy (non-hydrogen) atoms. The number of rotatable bonds is 3. The third kappa shape index (κ3) is 3.92. The molecule has 0 saturated carbocycles. The van der Waals surface area contributed by atoms with Crippen LogP contribution in [-0.2, 0) is 0 Å². The van der Waals surface area contributed by atoms with E-state index in [2.05, 4.69) is 16.8 Å². The van der Waals surface area contributed by atoms with Crippen molar-refractivity contribution in [2.45, 2.75) is 18.9 Å². The van der Waals surface area contributed by atoms with Crippen molar-refractivity contribution in [1.29, 1.82) is 0 Å². The van der Waals surface area contributed by atoms with Crippen LogP contribution in [0.5, 0.6) is 0 Å². The van der Waals surface area contributed by atoms with Gasteiger partial charge in [0.15, 0.2) is 0 Å². The third-order valence-corrected chi connectivity index (χ3v) is 2.76. The van der Waals surface area contributed by atoms with Crippen LogP contribution >= 0.6 is 0 Å². The second-order valence-electron chi connectivity index (χ2n) is 4.75. The maximum absolute atomic E-state index is 9.08. The molecule has 0 bridgehead atoms. The average molecular weight is 201 g/mol. The molecule has 0 spiro atoms. The molecule has 0 aliphatic carbocycles. The molecule has 1 aliphatic rings. The zero-order valence-electron chi connectivity index (χ0n) is 9.37. The first-order valence-electron chi connectivity index (χ1n) is 5.34. The van der Waals surface area contributed by atoms with Crippen LogP contribution in [0.2, 0.25) is 0 Å². The molecule has 1 atom stereocenters. The number of nitrogens with two attached hydrogens (primary N) is 1. The molecule has 0 radical (unpaired) electrons. The number of aliphatic hydroxyl groups is 1. The summed E-state index contributed by atoms with van der Waals surface area (Å²) in [6.07, 6.45) is 1.19. The second kappa shape index (κ2) is 5.07. The van der Waals surface area contributed by atoms with E-state index in [0.29, 0.717) is 0 Å². The highest BCUT2D eigenvalue weighted by molar-refractivity contribution is 4.83. The van der Waals surface area contributed by atoms with E-state index in [1.165, 1.54) is 6.42 Å². The smallest absolute Gasteiger partial charge is 0.0621 e. The monoisotopic (exact) mass is 201 g/mol. The van der Waals surface area contributed by atoms with Gasteiger partial charge in [0.1, 0.15) is 0 Å². The molecule has 3 N–H and O–H groups in total. The molecule has 1 heterocycles. The molecule has 4 nitrogen and oxygen atoms in total. The van der Waals surface area contributed by atoms with Gasteiger partial charge in [-0.2, -0.15) is 0 Å². The summed E-state index contributed by atoms with van der Waals surface area (Å²) in [5, 5.41) is 9.08. The predicted octanol–water partition coefficient (Wildman–Crippen LogP) is -0.666. The Morgan fingerprint density at radius 2 is 2.00 bits per heavy atom. The lowest BCUT2D eigenvalue weighted by Crippen LogP contribution is -2.51. The summed E-state index contributed by atoms with van der Waals surface area (Å²) < 4.78 is 0. The lowest BCUT2D eigenvalue weighted by atomic mass is 10.1. The summed E-state index contributed by atoms with van der Waals surface area (Å²) in [6.45, 7) is 7.16. The SMILES string of the molecule is CN1CCCN(CC(C)(N)CO)CC1. The van der Waals surface area contributed by atoms with Crippen LogP contribution in [0.15, 0.2) is 0 Å². The number of nitrogens with zero attached hydrogens (tertiary/aromatic N) is 2. The first-order chi connectivity index (χ1) is 6.53. The van der Waals surface area contributed by atoms with Crippen molar-refractivity contribution in [2.24, 2.45) is 5.73 Å². The number of hydrogen-bond acceptors (Lipinski definition) is 4. The van der Waals surface area contributed by atoms with Crippen LogP contribution in [0.1, 0.15) is 13.3 Å². The maximum Gasteiger partial charge on any atom is 0.0621 e. The minimum Gasteiger partial charge on any atom is -0.394 e. The quantitative estimate of drug-likeness (QED) is 0.636. The Hall–Kier alpha value is -0.160. The first kappa shape index (κ1) is 11.9. The normalized spacial score (nSPS) is 25.7. The average Bonchev–Trinajstić information content (AvgIpc) is 2.31. The first-order valence-corrected chi connectivity index (χ1v) is 5.34. The lowest BCUT2D eigenvalue weighted by Gasteiger charge is -2.30. The predicted molar refractivity (Wildman–Crippen MR) is 58.2 cm³/mol. The molecule has 1 saturated heterocycles. The van der Waals surface area contributed by atoms with Crippen LogP contribution in [0.3, 0.4) is 0 Å². The molecule has 1 unspecified atom stereocenters. The van der Waals surface area contributed by atoms with Crippen LogP contribution < -0.4 is 5.73 Å². The Bertz CT molecular complexity index is 173. The summed E-state index contributed by atoms with van der Waals surface area (Å²) in [6, 6.07) is 0. The number of likely N-dealkylation sites (N-methyl/N-ethyl adjacent to an activating group) is 1. The molecule has 0 amide bonds. The highest BCUT2D eigenvalue weighted by atomic mass is 16.3. The van der Waals surface area contributed by atoms with Crippen molar-refractivity contribution in [1.82, 2.24) is 9.80 Å². The fourth-order valence-corrected chi connectivity index (χ4v) is 1.82. The van der Waals surface area contributed by atoms with Crippen LogP contribution in [0, 0.1) is 0 Å². The Labute approximate surface area is 86.7 Å². The highest BCUT2D eigenvalue weighted by Crippen LogP contribution is 2.06. The summed E-state index contributed by atoms with van der Waals surface area (Å²) in [5.74, 6) is 0. The Balaban J connectivity index is 2.37. The highest BCUT2D eigenvalue weighted by Gasteiger charge is 2.22. The third-order valence-electron chi connectivity index (χ3n) is 2.76. The number of hydrogen-bond donors (Lipinski definition) is 2. The van der Waals surface area contributed by atoms with Crippen LogP contribution in [0.25, 0.3) is 0 Å². The molecule has 0 aromatic rings. The van der Waals surface area contributed by atoms with Gasteiger partial charge >= 0.3 is 0 Å². The van der Waals surface area contributed by atoms with E-state index in [9.17, 15) is 0 Å². The van der Waals surface area contributed by atoms with Crippen molar-refractivity contribution in [3.63, 3.8) is 0 Å². The summed E-state index contributed by atoms with van der Waals surface area (Å²) in [5.41, 5.74) is 5.47. The van der Waals surface area contributed by atoms with Gasteiger partial charge in [0.2, 0.25) is 0 Å². The van der Waals surface area contributed by atoms with Crippen molar-refractivity contribution in [2.75, 3.05) is 46.4 Å². The van der Waals surface area contributed by atoms with Crippen molar-refractivity contribution in [3.8, 4) is 0 Å². The molecule has 1 fully saturated rings. The molecular formula is C10H23N3O. The topological polar surface area (TPSA) is 52.7 Å². The molecule has 4 heteroatoms. The lowest BCUT2D eigenvalue weighted by molar-refractivity contribution is 0.150. The van der Waals surface area contributed by atoms with E-state index in [1.54, 1.807) is 0 Å². The minimum absolute atomic E-state index is 0.0549. The van der Waals surface area contributed by atoms with E-state index in [0.717, 1.165) is 32.7 Å². The van der Waals surface area contributed by atoms with Crippen molar-refractivity contribution >= 4 is 0 Å². The van der Waals surface area contributed by atoms with Gasteiger partial charge in [0.25, 0.3) is 0 Å². The van der Waals surface area contributed by atoms with Gasteiger partial charge < -0.3 is 20.6 Å². The van der Waals surface area contributed by atoms with E-state index in [-0.39, 0.29) is 6.61 Å². The molecule has 1 aliphatic heterocycles. The van der Waals surface area contributed by atoms with E-state index >= 15 is 0 Å². The zero-order valence-corrected chi connectivity index (χ0v) is 9.37. The zero-order chi connectivity index (χ0) is 10.6. The minimum atomic E-state index is -0.455. The van der Waals surface area contributed by atoms with Crippen molar-refractivity contribution in [3.05, 3.63) is 0 Å². The summed E-state index contributed by atoms with van der Waals surface area (Å²) in [4.78, 5) is 4.69. The molecule has 0 aromatic carbocycles. The Morgan fingerprint density at radius 3 is 2.64 bits per heavy atom. The standard InChI is InChI=1S/C10H23N3O/c1-10(11,9-14)8-13-5-3-4-12(2)6-7-13/h14H,3-9,11H2,1-2H3. The van der Waals surface area contributed by atoms with E-state index in [4.69, 9.17) is 10.8 Å². The molecular weight excluding hydrogens is 178 g/mol. The van der Waals surface area contributed by atoms with Gasteiger partial charge in [0, 0.05) is 25.2 Å². The van der Waals surface area contributed by atoms with Gasteiger partial charge in [-0.1, -0.05) is 0 Å². The van der Waals surface area contributed by atoms with E-state index in [1.807, 2.05) is 6.92 Å². The largest absolute Gasteiger partial charge is 0.394 e. The Morgan fingerprint density at radius 1 is 1.29 bits per heavy atom. The van der Waals surface area contributed by atoms with Crippen LogP contribution in [-0.4, -0.2) is 66.8 Å². The summed E-state index contributed by atoms with van der Waals surface area (Å²) >= 11 is 0.